The van der Waals surface area contributed by atoms with Crippen molar-refractivity contribution in [3.8, 4) is 17.2 Å². The van der Waals surface area contributed by atoms with Crippen molar-refractivity contribution in [3.63, 3.8) is 0 Å². The van der Waals surface area contributed by atoms with Gasteiger partial charge in [-0.3, -0.25) is 9.59 Å². The second-order valence-electron chi connectivity index (χ2n) is 5.48. The molecule has 1 aliphatic rings. The van der Waals surface area contributed by atoms with Crippen LogP contribution < -0.4 is 24.8 Å². The molecule has 2 aromatic carbocycles. The Morgan fingerprint density at radius 2 is 1.88 bits per heavy atom. The predicted molar refractivity (Wildman–Crippen MR) is 92.7 cm³/mol. The number of hydrogen-bond donors (Lipinski definition) is 2. The number of nitrogens with one attached hydrogen (secondary N) is 2. The summed E-state index contributed by atoms with van der Waals surface area (Å²) in [7, 11) is 3.07. The molecule has 130 valence electrons. The van der Waals surface area contributed by atoms with E-state index in [9.17, 15) is 9.59 Å². The molecule has 0 aliphatic carbocycles. The van der Waals surface area contributed by atoms with E-state index in [4.69, 9.17) is 14.2 Å². The van der Waals surface area contributed by atoms with Crippen LogP contribution in [0.4, 0.5) is 11.4 Å². The van der Waals surface area contributed by atoms with Crippen molar-refractivity contribution in [2.24, 2.45) is 0 Å². The molecule has 2 amide bonds. The Labute approximate surface area is 144 Å². The van der Waals surface area contributed by atoms with E-state index in [1.165, 1.54) is 7.11 Å². The Kier molecular flexibility index (Phi) is 4.47. The summed E-state index contributed by atoms with van der Waals surface area (Å²) in [5.41, 5.74) is 1.43. The van der Waals surface area contributed by atoms with Crippen molar-refractivity contribution in [1.29, 1.82) is 0 Å². The molecule has 25 heavy (non-hydrogen) atoms. The van der Waals surface area contributed by atoms with E-state index in [-0.39, 0.29) is 11.8 Å². The molecule has 0 bridgehead atoms. The smallest absolute Gasteiger partial charge is 0.265 e. The number of fused-ring (bicyclic) bond motifs is 1. The summed E-state index contributed by atoms with van der Waals surface area (Å²) >= 11 is 0. The van der Waals surface area contributed by atoms with Crippen LogP contribution in [0.1, 0.15) is 17.3 Å². The van der Waals surface area contributed by atoms with Gasteiger partial charge in [-0.15, -0.1) is 0 Å². The number of hydrogen-bond acceptors (Lipinski definition) is 5. The molecule has 7 nitrogen and oxygen atoms in total. The lowest BCUT2D eigenvalue weighted by molar-refractivity contribution is -0.122. The van der Waals surface area contributed by atoms with Gasteiger partial charge in [-0.05, 0) is 37.3 Å². The molecule has 0 fully saturated rings. The summed E-state index contributed by atoms with van der Waals surface area (Å²) in [6.45, 7) is 1.66. The number of rotatable bonds is 4. The number of benzene rings is 2. The highest BCUT2D eigenvalue weighted by Gasteiger charge is 2.24. The minimum atomic E-state index is -0.557. The molecule has 1 atom stereocenters. The average Bonchev–Trinajstić information content (AvgIpc) is 2.62. The zero-order valence-electron chi connectivity index (χ0n) is 14.1. The molecule has 0 aromatic heterocycles. The Morgan fingerprint density at radius 1 is 1.12 bits per heavy atom. The zero-order valence-corrected chi connectivity index (χ0v) is 14.1. The van der Waals surface area contributed by atoms with Crippen molar-refractivity contribution < 1.29 is 23.8 Å². The summed E-state index contributed by atoms with van der Waals surface area (Å²) < 4.78 is 15.9. The maximum absolute atomic E-state index is 12.5. The number of carbonyl (C=O) groups is 2. The lowest BCUT2D eigenvalue weighted by Crippen LogP contribution is -2.34. The predicted octanol–water partition coefficient (Wildman–Crippen LogP) is 2.68. The number of methoxy groups -OCH3 is 2. The molecule has 1 aliphatic heterocycles. The van der Waals surface area contributed by atoms with Crippen molar-refractivity contribution in [1.82, 2.24) is 0 Å². The van der Waals surface area contributed by atoms with Crippen LogP contribution >= 0.6 is 0 Å². The molecule has 1 heterocycles. The van der Waals surface area contributed by atoms with E-state index in [0.29, 0.717) is 34.2 Å². The minimum Gasteiger partial charge on any atom is -0.493 e. The highest BCUT2D eigenvalue weighted by atomic mass is 16.5. The van der Waals surface area contributed by atoms with Gasteiger partial charge < -0.3 is 24.8 Å². The van der Waals surface area contributed by atoms with Gasteiger partial charge in [0.2, 0.25) is 0 Å². The number of anilines is 2. The lowest BCUT2D eigenvalue weighted by Gasteiger charge is -2.23. The second kappa shape index (κ2) is 6.72. The number of amides is 2. The fraction of sp³-hybridized carbons (Fsp3) is 0.222. The molecule has 0 radical (unpaired) electrons. The van der Waals surface area contributed by atoms with Crippen molar-refractivity contribution in [2.45, 2.75) is 13.0 Å². The Morgan fingerprint density at radius 3 is 2.60 bits per heavy atom. The molecule has 0 spiro atoms. The molecular weight excluding hydrogens is 324 g/mol. The lowest BCUT2D eigenvalue weighted by atomic mass is 10.1. The first-order chi connectivity index (χ1) is 12.0. The molecule has 0 saturated carbocycles. The van der Waals surface area contributed by atoms with Gasteiger partial charge in [0.1, 0.15) is 5.75 Å². The summed E-state index contributed by atoms with van der Waals surface area (Å²) in [6, 6.07) is 9.96. The van der Waals surface area contributed by atoms with Gasteiger partial charge in [0.15, 0.2) is 17.6 Å². The first-order valence-electron chi connectivity index (χ1n) is 7.66. The standard InChI is InChI=1S/C18H18N2O5/c1-10-17(21)20-13-8-11(4-6-14(13)25-10)18(22)19-12-5-7-15(23-2)16(9-12)24-3/h4-10H,1-3H3,(H,19,22)(H,20,21). The summed E-state index contributed by atoms with van der Waals surface area (Å²) in [6.07, 6.45) is -0.557. The maximum atomic E-state index is 12.5. The van der Waals surface area contributed by atoms with Gasteiger partial charge in [-0.1, -0.05) is 0 Å². The first-order valence-corrected chi connectivity index (χ1v) is 7.66. The van der Waals surface area contributed by atoms with Crippen LogP contribution in [0.5, 0.6) is 17.2 Å². The van der Waals surface area contributed by atoms with E-state index >= 15 is 0 Å². The van der Waals surface area contributed by atoms with Gasteiger partial charge in [0.25, 0.3) is 11.8 Å². The van der Waals surface area contributed by atoms with Crippen LogP contribution in [-0.4, -0.2) is 32.1 Å². The van der Waals surface area contributed by atoms with E-state index in [2.05, 4.69) is 10.6 Å². The number of ether oxygens (including phenoxy) is 3. The van der Waals surface area contributed by atoms with Crippen molar-refractivity contribution in [2.75, 3.05) is 24.9 Å². The van der Waals surface area contributed by atoms with Crippen LogP contribution in [-0.2, 0) is 4.79 Å². The maximum Gasteiger partial charge on any atom is 0.265 e. The third-order valence-corrected chi connectivity index (χ3v) is 3.81. The van der Waals surface area contributed by atoms with Gasteiger partial charge in [-0.25, -0.2) is 0 Å². The van der Waals surface area contributed by atoms with E-state index < -0.39 is 6.10 Å². The van der Waals surface area contributed by atoms with E-state index in [0.717, 1.165) is 0 Å². The van der Waals surface area contributed by atoms with Gasteiger partial charge in [0.05, 0.1) is 19.9 Å². The largest absolute Gasteiger partial charge is 0.493 e. The molecule has 2 aromatic rings. The summed E-state index contributed by atoms with van der Waals surface area (Å²) in [5, 5.41) is 5.50. The van der Waals surface area contributed by atoms with Crippen LogP contribution in [0.3, 0.4) is 0 Å². The second-order valence-corrected chi connectivity index (χ2v) is 5.48. The fourth-order valence-corrected chi connectivity index (χ4v) is 2.47. The van der Waals surface area contributed by atoms with Crippen molar-refractivity contribution >= 4 is 23.2 Å². The SMILES string of the molecule is COc1ccc(NC(=O)c2ccc3c(c2)NC(=O)C(C)O3)cc1OC. The molecule has 0 saturated heterocycles. The van der Waals surface area contributed by atoms with Gasteiger partial charge in [-0.2, -0.15) is 0 Å². The van der Waals surface area contributed by atoms with Crippen molar-refractivity contribution in [3.05, 3.63) is 42.0 Å². The zero-order chi connectivity index (χ0) is 18.0. The number of carbonyl (C=O) groups excluding carboxylic acids is 2. The Bertz CT molecular complexity index is 834. The topological polar surface area (TPSA) is 85.9 Å². The molecule has 1 unspecified atom stereocenters. The average molecular weight is 342 g/mol. The molecule has 7 heteroatoms. The van der Waals surface area contributed by atoms with E-state index in [1.807, 2.05) is 0 Å². The summed E-state index contributed by atoms with van der Waals surface area (Å²) in [4.78, 5) is 24.2. The monoisotopic (exact) mass is 342 g/mol. The third kappa shape index (κ3) is 3.35. The minimum absolute atomic E-state index is 0.245. The van der Waals surface area contributed by atoms with Crippen LogP contribution in [0, 0.1) is 0 Å². The Balaban J connectivity index is 1.80. The van der Waals surface area contributed by atoms with Gasteiger partial charge >= 0.3 is 0 Å². The van der Waals surface area contributed by atoms with E-state index in [1.54, 1.807) is 50.4 Å². The first kappa shape index (κ1) is 16.6. The van der Waals surface area contributed by atoms with Crippen LogP contribution in [0.2, 0.25) is 0 Å². The highest BCUT2D eigenvalue weighted by Crippen LogP contribution is 2.32. The highest BCUT2D eigenvalue weighted by molar-refractivity contribution is 6.06. The fourth-order valence-electron chi connectivity index (χ4n) is 2.47. The van der Waals surface area contributed by atoms with Gasteiger partial charge in [0, 0.05) is 17.3 Å². The molecular formula is C18H18N2O5. The van der Waals surface area contributed by atoms with Crippen LogP contribution in [0.15, 0.2) is 36.4 Å². The molecule has 3 rings (SSSR count). The quantitative estimate of drug-likeness (QED) is 0.892. The third-order valence-electron chi connectivity index (χ3n) is 3.81. The Hall–Kier alpha value is -3.22. The summed E-state index contributed by atoms with van der Waals surface area (Å²) in [5.74, 6) is 1.06. The molecule has 2 N–H and O–H groups in total. The van der Waals surface area contributed by atoms with Crippen LogP contribution in [0.25, 0.3) is 0 Å². The normalized spacial score (nSPS) is 15.5.